The first-order chi connectivity index (χ1) is 12.2. The van der Waals surface area contributed by atoms with Crippen molar-refractivity contribution in [2.45, 2.75) is 96.2 Å². The average Bonchev–Trinajstić information content (AvgIpc) is 2.95. The molecule has 0 aromatic rings. The van der Waals surface area contributed by atoms with Crippen molar-refractivity contribution in [2.24, 2.45) is 5.41 Å². The maximum absolute atomic E-state index is 11.8. The number of esters is 1. The highest BCUT2D eigenvalue weighted by atomic mass is 16.6. The zero-order valence-corrected chi connectivity index (χ0v) is 16.5. The summed E-state index contributed by atoms with van der Waals surface area (Å²) in [4.78, 5) is 15.3. The molecular weight excluding hydrogens is 334 g/mol. The van der Waals surface area contributed by atoms with Gasteiger partial charge in [0.1, 0.15) is 5.60 Å². The van der Waals surface area contributed by atoms with E-state index in [0.29, 0.717) is 19.4 Å². The van der Waals surface area contributed by atoms with Crippen LogP contribution in [0.1, 0.15) is 66.2 Å². The number of carbonyl (C=O) groups excluding carboxylic acids is 1. The van der Waals surface area contributed by atoms with Gasteiger partial charge in [0.25, 0.3) is 0 Å². The van der Waals surface area contributed by atoms with E-state index in [0.717, 1.165) is 25.7 Å². The predicted molar refractivity (Wildman–Crippen MR) is 97.5 cm³/mol. The second-order valence-corrected chi connectivity index (χ2v) is 8.73. The molecule has 5 atom stereocenters. The Labute approximate surface area is 157 Å². The largest absolute Gasteiger partial charge is 0.465 e. The number of aliphatic hydroxyl groups excluding tert-OH is 1. The number of fused-ring (bicyclic) bond motifs is 1. The normalized spacial score (nSPS) is 32.5. The lowest BCUT2D eigenvalue weighted by molar-refractivity contribution is -0.184. The second kappa shape index (κ2) is 8.69. The van der Waals surface area contributed by atoms with Crippen LogP contribution < -0.4 is 0 Å². The van der Waals surface area contributed by atoms with Gasteiger partial charge in [-0.05, 0) is 46.5 Å². The third-order valence-electron chi connectivity index (χ3n) is 5.28. The minimum atomic E-state index is -0.641. The van der Waals surface area contributed by atoms with Crippen LogP contribution in [-0.4, -0.2) is 54.2 Å². The first kappa shape index (κ1) is 21.1. The molecule has 0 aromatic carbocycles. The van der Waals surface area contributed by atoms with Crippen molar-refractivity contribution in [1.29, 1.82) is 0 Å². The highest BCUT2D eigenvalue weighted by Gasteiger charge is 2.52. The molecule has 6 heteroatoms. The van der Waals surface area contributed by atoms with Crippen LogP contribution in [0.15, 0.2) is 0 Å². The van der Waals surface area contributed by atoms with E-state index in [9.17, 15) is 9.90 Å². The lowest BCUT2D eigenvalue weighted by Gasteiger charge is -2.40. The molecule has 0 spiro atoms. The quantitative estimate of drug-likeness (QED) is 0.425. The zero-order chi connectivity index (χ0) is 19.4. The van der Waals surface area contributed by atoms with Crippen molar-refractivity contribution in [3.05, 3.63) is 11.4 Å². The van der Waals surface area contributed by atoms with E-state index in [1.165, 1.54) is 0 Å². The summed E-state index contributed by atoms with van der Waals surface area (Å²) >= 11 is 0. The molecule has 2 saturated heterocycles. The van der Waals surface area contributed by atoms with E-state index in [2.05, 4.69) is 4.85 Å². The Hall–Kier alpha value is -1.16. The highest BCUT2D eigenvalue weighted by molar-refractivity contribution is 5.75. The van der Waals surface area contributed by atoms with E-state index < -0.39 is 11.0 Å². The van der Waals surface area contributed by atoms with Crippen LogP contribution in [0, 0.1) is 12.0 Å². The minimum absolute atomic E-state index is 0.0116. The lowest BCUT2D eigenvalue weighted by Crippen LogP contribution is -2.51. The number of carbonyl (C=O) groups is 1. The Morgan fingerprint density at radius 2 is 2.12 bits per heavy atom. The lowest BCUT2D eigenvalue weighted by atomic mass is 9.85. The number of hydrogen-bond donors (Lipinski definition) is 1. The molecule has 6 nitrogen and oxygen atoms in total. The maximum Gasteiger partial charge on any atom is 0.311 e. The van der Waals surface area contributed by atoms with Gasteiger partial charge in [0.05, 0.1) is 36.9 Å². The zero-order valence-electron chi connectivity index (χ0n) is 16.5. The molecule has 2 heterocycles. The fraction of sp³-hybridized carbons (Fsp3) is 0.900. The average molecular weight is 367 g/mol. The van der Waals surface area contributed by atoms with E-state index in [1.807, 2.05) is 27.7 Å². The second-order valence-electron chi connectivity index (χ2n) is 8.73. The third kappa shape index (κ3) is 5.18. The van der Waals surface area contributed by atoms with Crippen LogP contribution in [0.5, 0.6) is 0 Å². The van der Waals surface area contributed by atoms with E-state index >= 15 is 0 Å². The Morgan fingerprint density at radius 3 is 2.73 bits per heavy atom. The van der Waals surface area contributed by atoms with Crippen molar-refractivity contribution < 1.29 is 24.1 Å². The summed E-state index contributed by atoms with van der Waals surface area (Å²) in [5.41, 5.74) is -1.12. The predicted octanol–water partition coefficient (Wildman–Crippen LogP) is 3.12. The molecule has 0 bridgehead atoms. The Kier molecular flexibility index (Phi) is 7.06. The number of aliphatic hydroxyl groups is 1. The van der Waals surface area contributed by atoms with Crippen LogP contribution in [0.3, 0.4) is 0 Å². The van der Waals surface area contributed by atoms with Gasteiger partial charge in [-0.1, -0.05) is 0 Å². The Morgan fingerprint density at radius 1 is 1.38 bits per heavy atom. The van der Waals surface area contributed by atoms with Crippen molar-refractivity contribution in [3.63, 3.8) is 0 Å². The number of hydrogen-bond acceptors (Lipinski definition) is 5. The van der Waals surface area contributed by atoms with Gasteiger partial charge in [-0.3, -0.25) is 4.79 Å². The fourth-order valence-corrected chi connectivity index (χ4v) is 3.77. The van der Waals surface area contributed by atoms with Crippen LogP contribution >= 0.6 is 0 Å². The van der Waals surface area contributed by atoms with Crippen LogP contribution in [-0.2, 0) is 19.0 Å². The fourth-order valence-electron chi connectivity index (χ4n) is 3.77. The smallest absolute Gasteiger partial charge is 0.311 e. The molecule has 0 saturated carbocycles. The molecule has 26 heavy (non-hydrogen) atoms. The Balaban J connectivity index is 1.81. The standard InChI is InChI=1S/C20H33NO5/c1-14(21-5)11-15-8-9-17-20(13-22,26-15)12-16(25-17)7-6-10-24-18(23)19(2,3)4/h14-17,22H,6-13H2,1-4H3/t14-,15-,16+,17+,20-/m1/s1. The first-order valence-electron chi connectivity index (χ1n) is 9.68. The summed E-state index contributed by atoms with van der Waals surface area (Å²) in [6.07, 6.45) is 4.52. The van der Waals surface area contributed by atoms with E-state index in [-0.39, 0.29) is 36.9 Å². The van der Waals surface area contributed by atoms with Crippen LogP contribution in [0.2, 0.25) is 0 Å². The molecule has 2 aliphatic heterocycles. The van der Waals surface area contributed by atoms with Gasteiger partial charge in [-0.25, -0.2) is 6.57 Å². The van der Waals surface area contributed by atoms with Gasteiger partial charge in [0.2, 0.25) is 6.04 Å². The molecular formula is C20H33NO5. The van der Waals surface area contributed by atoms with Gasteiger partial charge in [0, 0.05) is 19.8 Å². The summed E-state index contributed by atoms with van der Waals surface area (Å²) in [5.74, 6) is -0.189. The molecule has 2 rings (SSSR count). The van der Waals surface area contributed by atoms with E-state index in [4.69, 9.17) is 20.8 Å². The minimum Gasteiger partial charge on any atom is -0.465 e. The first-order valence-corrected chi connectivity index (χ1v) is 9.68. The van der Waals surface area contributed by atoms with Crippen LogP contribution in [0.25, 0.3) is 4.85 Å². The van der Waals surface area contributed by atoms with Crippen molar-refractivity contribution in [1.82, 2.24) is 0 Å². The van der Waals surface area contributed by atoms with Gasteiger partial charge < -0.3 is 24.2 Å². The van der Waals surface area contributed by atoms with E-state index in [1.54, 1.807) is 0 Å². The summed E-state index contributed by atoms with van der Waals surface area (Å²) in [5, 5.41) is 9.98. The molecule has 0 radical (unpaired) electrons. The molecule has 1 N–H and O–H groups in total. The molecule has 2 fully saturated rings. The van der Waals surface area contributed by atoms with Crippen LogP contribution in [0.4, 0.5) is 0 Å². The number of rotatable bonds is 7. The SMILES string of the molecule is [C-]#[N+][C@H](C)C[C@H]1CC[C@@H]2O[C@@H](CCCOC(=O)C(C)(C)C)C[C@]2(CO)O1. The molecule has 0 amide bonds. The maximum atomic E-state index is 11.8. The summed E-state index contributed by atoms with van der Waals surface area (Å²) in [6.45, 7) is 14.9. The van der Waals surface area contributed by atoms with Crippen molar-refractivity contribution >= 4 is 5.97 Å². The molecule has 0 aliphatic carbocycles. The number of nitrogens with zero attached hydrogens (tertiary/aromatic N) is 1. The molecule has 0 aromatic heterocycles. The summed E-state index contributed by atoms with van der Waals surface area (Å²) in [6, 6.07) is -0.0667. The van der Waals surface area contributed by atoms with Crippen molar-refractivity contribution in [2.75, 3.05) is 13.2 Å². The van der Waals surface area contributed by atoms with Gasteiger partial charge in [0.15, 0.2) is 0 Å². The monoisotopic (exact) mass is 367 g/mol. The highest BCUT2D eigenvalue weighted by Crippen LogP contribution is 2.43. The molecule has 2 aliphatic rings. The third-order valence-corrected chi connectivity index (χ3v) is 5.28. The van der Waals surface area contributed by atoms with Gasteiger partial charge in [-0.2, -0.15) is 0 Å². The number of ether oxygens (including phenoxy) is 3. The van der Waals surface area contributed by atoms with Crippen molar-refractivity contribution in [3.8, 4) is 0 Å². The summed E-state index contributed by atoms with van der Waals surface area (Å²) in [7, 11) is 0. The van der Waals surface area contributed by atoms with Gasteiger partial charge >= 0.3 is 5.97 Å². The van der Waals surface area contributed by atoms with Gasteiger partial charge in [-0.15, -0.1) is 0 Å². The summed E-state index contributed by atoms with van der Waals surface area (Å²) < 4.78 is 17.7. The Bertz CT molecular complexity index is 523. The molecule has 148 valence electrons. The topological polar surface area (TPSA) is 69.4 Å². The molecule has 0 unspecified atom stereocenters.